The molecule has 1 fully saturated rings. The minimum atomic E-state index is -0.538. The third kappa shape index (κ3) is 2.33. The quantitative estimate of drug-likeness (QED) is 0.607. The molecule has 1 saturated carbocycles. The molecule has 2 rings (SSSR count). The topological polar surface area (TPSA) is 63.4 Å². The fourth-order valence-corrected chi connectivity index (χ4v) is 1.66. The van der Waals surface area contributed by atoms with Crippen LogP contribution in [0.3, 0.4) is 0 Å². The number of rotatable bonds is 4. The lowest BCUT2D eigenvalue weighted by atomic mass is 10.0. The molecule has 0 aromatic heterocycles. The van der Waals surface area contributed by atoms with E-state index in [4.69, 9.17) is 0 Å². The Balaban J connectivity index is 2.09. The normalized spacial score (nSPS) is 17.4. The Morgan fingerprint density at radius 2 is 2.07 bits per heavy atom. The van der Waals surface area contributed by atoms with Gasteiger partial charge < -0.3 is 5.11 Å². The van der Waals surface area contributed by atoms with Crippen LogP contribution in [0.5, 0.6) is 0 Å². The monoisotopic (exact) mass is 207 g/mol. The van der Waals surface area contributed by atoms with Crippen molar-refractivity contribution in [3.63, 3.8) is 0 Å². The summed E-state index contributed by atoms with van der Waals surface area (Å²) in [7, 11) is 0. The summed E-state index contributed by atoms with van der Waals surface area (Å²) >= 11 is 0. The van der Waals surface area contributed by atoms with Gasteiger partial charge in [0.15, 0.2) is 0 Å². The van der Waals surface area contributed by atoms with Crippen molar-refractivity contribution < 1.29 is 10.0 Å². The van der Waals surface area contributed by atoms with Crippen molar-refractivity contribution in [3.8, 4) is 0 Å². The lowest BCUT2D eigenvalue weighted by Gasteiger charge is -2.07. The largest absolute Gasteiger partial charge is 0.390 e. The van der Waals surface area contributed by atoms with E-state index in [9.17, 15) is 15.2 Å². The molecule has 0 amide bonds. The lowest BCUT2D eigenvalue weighted by molar-refractivity contribution is -0.385. The minimum Gasteiger partial charge on any atom is -0.390 e. The van der Waals surface area contributed by atoms with Crippen LogP contribution in [0.4, 0.5) is 5.69 Å². The first-order valence-corrected chi connectivity index (χ1v) is 5.05. The van der Waals surface area contributed by atoms with Crippen LogP contribution < -0.4 is 0 Å². The summed E-state index contributed by atoms with van der Waals surface area (Å²) in [6.07, 6.45) is 2.85. The molecule has 0 heterocycles. The Hall–Kier alpha value is -1.42. The second-order valence-corrected chi connectivity index (χ2v) is 4.11. The third-order valence-electron chi connectivity index (χ3n) is 2.88. The summed E-state index contributed by atoms with van der Waals surface area (Å²) in [6.45, 7) is 0. The predicted molar refractivity (Wildman–Crippen MR) is 55.6 cm³/mol. The molecule has 1 aliphatic rings. The number of nitro benzene ring substituents is 1. The lowest BCUT2D eigenvalue weighted by Crippen LogP contribution is -2.08. The van der Waals surface area contributed by atoms with Gasteiger partial charge >= 0.3 is 0 Å². The standard InChI is InChI=1S/C11H13NO3/c13-11(7-8-11)6-5-9-3-1-2-4-10(9)12(14)15/h1-4,13H,5-8H2. The number of nitrogens with zero attached hydrogens (tertiary/aromatic N) is 1. The molecule has 4 heteroatoms. The number of hydrogen-bond donors (Lipinski definition) is 1. The van der Waals surface area contributed by atoms with E-state index in [-0.39, 0.29) is 10.6 Å². The van der Waals surface area contributed by atoms with Gasteiger partial charge in [-0.1, -0.05) is 18.2 Å². The zero-order valence-electron chi connectivity index (χ0n) is 8.35. The van der Waals surface area contributed by atoms with E-state index in [1.165, 1.54) is 6.07 Å². The fraction of sp³-hybridized carbons (Fsp3) is 0.455. The number of nitro groups is 1. The van der Waals surface area contributed by atoms with Crippen molar-refractivity contribution in [2.45, 2.75) is 31.3 Å². The Bertz CT molecular complexity index is 385. The van der Waals surface area contributed by atoms with E-state index in [2.05, 4.69) is 0 Å². The second-order valence-electron chi connectivity index (χ2n) is 4.11. The van der Waals surface area contributed by atoms with Gasteiger partial charge in [0.05, 0.1) is 10.5 Å². The molecule has 4 nitrogen and oxygen atoms in total. The van der Waals surface area contributed by atoms with E-state index >= 15 is 0 Å². The highest BCUT2D eigenvalue weighted by Gasteiger charge is 2.39. The molecule has 0 unspecified atom stereocenters. The highest BCUT2D eigenvalue weighted by molar-refractivity contribution is 5.39. The van der Waals surface area contributed by atoms with Gasteiger partial charge in [0.25, 0.3) is 5.69 Å². The van der Waals surface area contributed by atoms with E-state index in [0.29, 0.717) is 18.4 Å². The predicted octanol–water partition coefficient (Wildman–Crippen LogP) is 2.05. The van der Waals surface area contributed by atoms with Gasteiger partial charge in [-0.05, 0) is 25.7 Å². The summed E-state index contributed by atoms with van der Waals surface area (Å²) in [5.74, 6) is 0. The molecular weight excluding hydrogens is 194 g/mol. The summed E-state index contributed by atoms with van der Waals surface area (Å²) in [6, 6.07) is 6.71. The third-order valence-corrected chi connectivity index (χ3v) is 2.88. The Kier molecular flexibility index (Phi) is 2.44. The van der Waals surface area contributed by atoms with Crippen molar-refractivity contribution in [1.82, 2.24) is 0 Å². The minimum absolute atomic E-state index is 0.154. The SMILES string of the molecule is O=[N+]([O-])c1ccccc1CCC1(O)CC1. The second kappa shape index (κ2) is 3.62. The summed E-state index contributed by atoms with van der Waals surface area (Å²) in [5.41, 5.74) is 0.327. The molecule has 0 atom stereocenters. The van der Waals surface area contributed by atoms with Gasteiger partial charge in [-0.25, -0.2) is 0 Å². The highest BCUT2D eigenvalue weighted by Crippen LogP contribution is 2.39. The smallest absolute Gasteiger partial charge is 0.272 e. The van der Waals surface area contributed by atoms with Gasteiger partial charge in [0.1, 0.15) is 0 Å². The van der Waals surface area contributed by atoms with Crippen LogP contribution in [0.15, 0.2) is 24.3 Å². The first-order valence-electron chi connectivity index (χ1n) is 5.05. The molecule has 1 N–H and O–H groups in total. The van der Waals surface area contributed by atoms with Crippen LogP contribution >= 0.6 is 0 Å². The van der Waals surface area contributed by atoms with Crippen LogP contribution in [0.2, 0.25) is 0 Å². The first-order chi connectivity index (χ1) is 7.11. The van der Waals surface area contributed by atoms with Gasteiger partial charge in [-0.3, -0.25) is 10.1 Å². The molecule has 80 valence electrons. The fourth-order valence-electron chi connectivity index (χ4n) is 1.66. The number of hydrogen-bond acceptors (Lipinski definition) is 3. The van der Waals surface area contributed by atoms with Crippen molar-refractivity contribution in [1.29, 1.82) is 0 Å². The van der Waals surface area contributed by atoms with E-state index in [1.54, 1.807) is 18.2 Å². The highest BCUT2D eigenvalue weighted by atomic mass is 16.6. The van der Waals surface area contributed by atoms with Gasteiger partial charge in [-0.15, -0.1) is 0 Å². The van der Waals surface area contributed by atoms with Gasteiger partial charge in [0, 0.05) is 11.6 Å². The number of para-hydroxylation sites is 1. The molecule has 0 bridgehead atoms. The molecule has 0 saturated heterocycles. The van der Waals surface area contributed by atoms with Crippen molar-refractivity contribution in [3.05, 3.63) is 39.9 Å². The number of benzene rings is 1. The molecule has 0 aliphatic heterocycles. The van der Waals surface area contributed by atoms with Crippen LogP contribution in [-0.4, -0.2) is 15.6 Å². The van der Waals surface area contributed by atoms with E-state index in [0.717, 1.165) is 12.8 Å². The number of aliphatic hydroxyl groups is 1. The summed E-state index contributed by atoms with van der Waals surface area (Å²) in [5, 5.41) is 20.4. The maximum atomic E-state index is 10.7. The molecule has 0 spiro atoms. The van der Waals surface area contributed by atoms with Gasteiger partial charge in [-0.2, -0.15) is 0 Å². The maximum absolute atomic E-state index is 10.7. The zero-order valence-corrected chi connectivity index (χ0v) is 8.35. The zero-order chi connectivity index (χ0) is 10.9. The van der Waals surface area contributed by atoms with Crippen molar-refractivity contribution >= 4 is 5.69 Å². The molecule has 1 aliphatic carbocycles. The Labute approximate surface area is 87.7 Å². The van der Waals surface area contributed by atoms with Crippen LogP contribution in [0.25, 0.3) is 0 Å². The average molecular weight is 207 g/mol. The van der Waals surface area contributed by atoms with Crippen LogP contribution in [0, 0.1) is 10.1 Å². The molecular formula is C11H13NO3. The molecule has 0 radical (unpaired) electrons. The van der Waals surface area contributed by atoms with E-state index < -0.39 is 5.60 Å². The molecule has 1 aromatic rings. The van der Waals surface area contributed by atoms with Crippen molar-refractivity contribution in [2.24, 2.45) is 0 Å². The Morgan fingerprint density at radius 1 is 1.40 bits per heavy atom. The molecule has 15 heavy (non-hydrogen) atoms. The van der Waals surface area contributed by atoms with Crippen LogP contribution in [-0.2, 0) is 6.42 Å². The van der Waals surface area contributed by atoms with Crippen molar-refractivity contribution in [2.75, 3.05) is 0 Å². The Morgan fingerprint density at radius 3 is 2.67 bits per heavy atom. The number of aryl methyl sites for hydroxylation is 1. The average Bonchev–Trinajstić information content (AvgIpc) is 2.95. The van der Waals surface area contributed by atoms with Gasteiger partial charge in [0.2, 0.25) is 0 Å². The summed E-state index contributed by atoms with van der Waals surface area (Å²) in [4.78, 5) is 10.3. The van der Waals surface area contributed by atoms with Crippen LogP contribution in [0.1, 0.15) is 24.8 Å². The maximum Gasteiger partial charge on any atom is 0.272 e. The first kappa shape index (κ1) is 10.1. The molecule has 1 aromatic carbocycles. The summed E-state index contributed by atoms with van der Waals surface area (Å²) < 4.78 is 0. The van der Waals surface area contributed by atoms with E-state index in [1.807, 2.05) is 0 Å².